The number of amides is 1. The van der Waals surface area contributed by atoms with E-state index in [2.05, 4.69) is 21.2 Å². The first kappa shape index (κ1) is 14.0. The number of hydrogen-bond donors (Lipinski definition) is 2. The Morgan fingerprint density at radius 3 is 3.00 bits per heavy atom. The van der Waals surface area contributed by atoms with Gasteiger partial charge in [-0.25, -0.2) is 0 Å². The van der Waals surface area contributed by atoms with Crippen LogP contribution in [0.1, 0.15) is 23.7 Å². The molecule has 0 unspecified atom stereocenters. The topological polar surface area (TPSA) is 64.3 Å². The van der Waals surface area contributed by atoms with Crippen LogP contribution in [0.2, 0.25) is 0 Å². The fourth-order valence-electron chi connectivity index (χ4n) is 1.34. The minimum absolute atomic E-state index is 0.153. The summed E-state index contributed by atoms with van der Waals surface area (Å²) in [6.07, 6.45) is 0.799. The maximum Gasteiger partial charge on any atom is 0.253 e. The fourth-order valence-corrected chi connectivity index (χ4v) is 1.70. The Morgan fingerprint density at radius 2 is 2.29 bits per heavy atom. The monoisotopic (exact) mass is 300 g/mol. The Balaban J connectivity index is 2.44. The first-order chi connectivity index (χ1) is 8.15. The summed E-state index contributed by atoms with van der Waals surface area (Å²) < 4.78 is 6.02. The van der Waals surface area contributed by atoms with Crippen LogP contribution in [-0.4, -0.2) is 25.7 Å². The summed E-state index contributed by atoms with van der Waals surface area (Å²) in [6, 6.07) is 5.23. The van der Waals surface area contributed by atoms with Crippen LogP contribution in [-0.2, 0) is 4.74 Å². The van der Waals surface area contributed by atoms with E-state index in [4.69, 9.17) is 10.5 Å². The standard InChI is InChI=1S/C12H17BrN2O2/c1-2-17-7-3-6-15-12(16)10-8-9(13)4-5-11(10)14/h4-5,8H,2-3,6-7,14H2,1H3,(H,15,16). The lowest BCUT2D eigenvalue weighted by atomic mass is 10.1. The first-order valence-corrected chi connectivity index (χ1v) is 6.35. The van der Waals surface area contributed by atoms with Crippen LogP contribution in [0.5, 0.6) is 0 Å². The molecular formula is C12H17BrN2O2. The molecule has 0 fully saturated rings. The Hall–Kier alpha value is -1.07. The second-order valence-corrected chi connectivity index (χ2v) is 4.45. The van der Waals surface area contributed by atoms with Gasteiger partial charge in [-0.1, -0.05) is 15.9 Å². The van der Waals surface area contributed by atoms with Gasteiger partial charge in [0.1, 0.15) is 0 Å². The van der Waals surface area contributed by atoms with Gasteiger partial charge in [0.25, 0.3) is 5.91 Å². The third-order valence-corrected chi connectivity index (χ3v) is 2.71. The summed E-state index contributed by atoms with van der Waals surface area (Å²) in [7, 11) is 0. The van der Waals surface area contributed by atoms with Crippen molar-refractivity contribution in [3.8, 4) is 0 Å². The summed E-state index contributed by atoms with van der Waals surface area (Å²) in [5.41, 5.74) is 6.71. The number of ether oxygens (including phenoxy) is 1. The number of nitrogens with two attached hydrogens (primary N) is 1. The molecule has 0 saturated heterocycles. The van der Waals surface area contributed by atoms with Gasteiger partial charge in [-0.3, -0.25) is 4.79 Å². The third-order valence-electron chi connectivity index (χ3n) is 2.22. The molecule has 0 aliphatic rings. The molecule has 1 aromatic rings. The Bertz CT molecular complexity index is 383. The summed E-state index contributed by atoms with van der Waals surface area (Å²) in [5, 5.41) is 2.81. The van der Waals surface area contributed by atoms with Gasteiger partial charge >= 0.3 is 0 Å². The summed E-state index contributed by atoms with van der Waals surface area (Å²) in [4.78, 5) is 11.8. The lowest BCUT2D eigenvalue weighted by molar-refractivity contribution is 0.0945. The van der Waals surface area contributed by atoms with Gasteiger partial charge in [-0.15, -0.1) is 0 Å². The van der Waals surface area contributed by atoms with Crippen LogP contribution >= 0.6 is 15.9 Å². The zero-order valence-electron chi connectivity index (χ0n) is 9.83. The van der Waals surface area contributed by atoms with Crippen molar-refractivity contribution in [1.82, 2.24) is 5.32 Å². The zero-order valence-corrected chi connectivity index (χ0v) is 11.4. The quantitative estimate of drug-likeness (QED) is 0.625. The van der Waals surface area contributed by atoms with Crippen molar-refractivity contribution in [2.75, 3.05) is 25.5 Å². The van der Waals surface area contributed by atoms with E-state index in [1.807, 2.05) is 6.92 Å². The maximum atomic E-state index is 11.8. The third kappa shape index (κ3) is 4.75. The van der Waals surface area contributed by atoms with Gasteiger partial charge in [0.15, 0.2) is 0 Å². The second kappa shape index (κ2) is 7.29. The number of anilines is 1. The molecule has 1 amide bonds. The van der Waals surface area contributed by atoms with Crippen molar-refractivity contribution < 1.29 is 9.53 Å². The van der Waals surface area contributed by atoms with Gasteiger partial charge in [0.2, 0.25) is 0 Å². The molecule has 0 aliphatic carbocycles. The lowest BCUT2D eigenvalue weighted by Crippen LogP contribution is -2.26. The molecule has 0 radical (unpaired) electrons. The number of nitrogen functional groups attached to an aromatic ring is 1. The van der Waals surface area contributed by atoms with Gasteiger partial charge in [0.05, 0.1) is 5.56 Å². The average Bonchev–Trinajstić information content (AvgIpc) is 2.32. The first-order valence-electron chi connectivity index (χ1n) is 5.56. The number of halogens is 1. The van der Waals surface area contributed by atoms with E-state index in [9.17, 15) is 4.79 Å². The van der Waals surface area contributed by atoms with Crippen molar-refractivity contribution in [2.45, 2.75) is 13.3 Å². The minimum atomic E-state index is -0.153. The molecule has 3 N–H and O–H groups in total. The van der Waals surface area contributed by atoms with Gasteiger partial charge in [0, 0.05) is 29.9 Å². The Kier molecular flexibility index (Phi) is 6.00. The van der Waals surface area contributed by atoms with Crippen molar-refractivity contribution in [1.29, 1.82) is 0 Å². The van der Waals surface area contributed by atoms with E-state index in [-0.39, 0.29) is 5.91 Å². The highest BCUT2D eigenvalue weighted by Crippen LogP contribution is 2.18. The molecule has 0 heterocycles. The van der Waals surface area contributed by atoms with Gasteiger partial charge in [-0.05, 0) is 31.5 Å². The molecule has 0 aliphatic heterocycles. The Morgan fingerprint density at radius 1 is 1.53 bits per heavy atom. The highest BCUT2D eigenvalue weighted by Gasteiger charge is 2.09. The van der Waals surface area contributed by atoms with Crippen molar-refractivity contribution in [2.24, 2.45) is 0 Å². The fraction of sp³-hybridized carbons (Fsp3) is 0.417. The number of nitrogens with one attached hydrogen (secondary N) is 1. The van der Waals surface area contributed by atoms with E-state index >= 15 is 0 Å². The number of benzene rings is 1. The summed E-state index contributed by atoms with van der Waals surface area (Å²) in [6.45, 7) is 3.89. The number of rotatable bonds is 6. The smallest absolute Gasteiger partial charge is 0.253 e. The number of carbonyl (C=O) groups excluding carboxylic acids is 1. The minimum Gasteiger partial charge on any atom is -0.398 e. The van der Waals surface area contributed by atoms with E-state index < -0.39 is 0 Å². The molecule has 0 bridgehead atoms. The average molecular weight is 301 g/mol. The molecule has 4 nitrogen and oxygen atoms in total. The molecule has 5 heteroatoms. The van der Waals surface area contributed by atoms with Crippen LogP contribution in [0.15, 0.2) is 22.7 Å². The molecule has 0 aromatic heterocycles. The molecular weight excluding hydrogens is 284 g/mol. The second-order valence-electron chi connectivity index (χ2n) is 3.54. The van der Waals surface area contributed by atoms with Crippen molar-refractivity contribution >= 4 is 27.5 Å². The van der Waals surface area contributed by atoms with Crippen molar-refractivity contribution in [3.05, 3.63) is 28.2 Å². The normalized spacial score (nSPS) is 10.2. The van der Waals surface area contributed by atoms with E-state index in [1.54, 1.807) is 18.2 Å². The molecule has 0 saturated carbocycles. The van der Waals surface area contributed by atoms with E-state index in [1.165, 1.54) is 0 Å². The molecule has 0 atom stereocenters. The predicted molar refractivity (Wildman–Crippen MR) is 72.0 cm³/mol. The summed E-state index contributed by atoms with van der Waals surface area (Å²) in [5.74, 6) is -0.153. The van der Waals surface area contributed by atoms with Crippen LogP contribution in [0.3, 0.4) is 0 Å². The largest absolute Gasteiger partial charge is 0.398 e. The van der Waals surface area contributed by atoms with Gasteiger partial charge < -0.3 is 15.8 Å². The van der Waals surface area contributed by atoms with Crippen LogP contribution < -0.4 is 11.1 Å². The number of carbonyl (C=O) groups is 1. The molecule has 94 valence electrons. The van der Waals surface area contributed by atoms with Gasteiger partial charge in [-0.2, -0.15) is 0 Å². The Labute approximate surface area is 110 Å². The molecule has 17 heavy (non-hydrogen) atoms. The van der Waals surface area contributed by atoms with E-state index in [0.717, 1.165) is 10.9 Å². The zero-order chi connectivity index (χ0) is 12.7. The lowest BCUT2D eigenvalue weighted by Gasteiger charge is -2.08. The number of hydrogen-bond acceptors (Lipinski definition) is 3. The predicted octanol–water partition coefficient (Wildman–Crippen LogP) is 2.19. The highest BCUT2D eigenvalue weighted by molar-refractivity contribution is 9.10. The van der Waals surface area contributed by atoms with E-state index in [0.29, 0.717) is 31.0 Å². The van der Waals surface area contributed by atoms with Crippen LogP contribution in [0.25, 0.3) is 0 Å². The molecule has 1 rings (SSSR count). The highest BCUT2D eigenvalue weighted by atomic mass is 79.9. The maximum absolute atomic E-state index is 11.8. The van der Waals surface area contributed by atoms with Crippen molar-refractivity contribution in [3.63, 3.8) is 0 Å². The summed E-state index contributed by atoms with van der Waals surface area (Å²) >= 11 is 3.31. The van der Waals surface area contributed by atoms with Crippen LogP contribution in [0, 0.1) is 0 Å². The van der Waals surface area contributed by atoms with Crippen LogP contribution in [0.4, 0.5) is 5.69 Å². The molecule has 1 aromatic carbocycles. The molecule has 0 spiro atoms. The SMILES string of the molecule is CCOCCCNC(=O)c1cc(Br)ccc1N.